The van der Waals surface area contributed by atoms with Gasteiger partial charge < -0.3 is 15.0 Å². The Hall–Kier alpha value is -1.81. The van der Waals surface area contributed by atoms with Crippen LogP contribution in [0.25, 0.3) is 10.9 Å². The number of H-pyrrole nitrogens is 1. The Morgan fingerprint density at radius 1 is 1.47 bits per heavy atom. The first-order valence-electron chi connectivity index (χ1n) is 6.81. The summed E-state index contributed by atoms with van der Waals surface area (Å²) in [4.78, 5) is 15.4. The predicted octanol–water partition coefficient (Wildman–Crippen LogP) is 1.28. The summed E-state index contributed by atoms with van der Waals surface area (Å²) in [5.74, 6) is -0.106. The van der Waals surface area contributed by atoms with Crippen LogP contribution in [0.15, 0.2) is 24.3 Å². The number of nitrogens with one attached hydrogen (secondary N) is 1. The quantitative estimate of drug-likeness (QED) is 0.798. The molecule has 4 heteroatoms. The molecule has 1 aliphatic rings. The maximum absolute atomic E-state index is 11.9. The van der Waals surface area contributed by atoms with Crippen molar-refractivity contribution < 1.29 is 14.8 Å². The minimum absolute atomic E-state index is 0.106. The maximum atomic E-state index is 11.9. The number of quaternary nitrogens is 1. The number of para-hydroxylation sites is 1. The minimum Gasteiger partial charge on any atom is -0.462 e. The molecule has 1 aromatic carbocycles. The molecule has 0 bridgehead atoms. The van der Waals surface area contributed by atoms with Gasteiger partial charge in [0.2, 0.25) is 0 Å². The molecule has 19 heavy (non-hydrogen) atoms. The van der Waals surface area contributed by atoms with E-state index in [9.17, 15) is 4.79 Å². The number of hydrogen-bond acceptors (Lipinski definition) is 2. The van der Waals surface area contributed by atoms with Crippen LogP contribution in [0.2, 0.25) is 0 Å². The Kier molecular flexibility index (Phi) is 3.03. The molecule has 0 fully saturated rings. The van der Waals surface area contributed by atoms with Crippen molar-refractivity contribution in [2.45, 2.75) is 32.4 Å². The van der Waals surface area contributed by atoms with E-state index in [1.54, 1.807) is 0 Å². The molecule has 3 rings (SSSR count). The van der Waals surface area contributed by atoms with Crippen LogP contribution in [0.1, 0.15) is 31.1 Å². The van der Waals surface area contributed by atoms with Gasteiger partial charge in [0.05, 0.1) is 12.3 Å². The lowest BCUT2D eigenvalue weighted by Crippen LogP contribution is -2.94. The van der Waals surface area contributed by atoms with Crippen LogP contribution >= 0.6 is 0 Å². The second-order valence-corrected chi connectivity index (χ2v) is 5.11. The second-order valence-electron chi connectivity index (χ2n) is 5.11. The number of hydrogen-bond donors (Lipinski definition) is 2. The Morgan fingerprint density at radius 2 is 2.26 bits per heavy atom. The first-order valence-corrected chi connectivity index (χ1v) is 6.81. The number of ether oxygens (including phenoxy) is 1. The van der Waals surface area contributed by atoms with Crippen LogP contribution in [-0.4, -0.2) is 23.6 Å². The third-order valence-electron chi connectivity index (χ3n) is 3.84. The molecule has 0 radical (unpaired) electrons. The van der Waals surface area contributed by atoms with E-state index in [4.69, 9.17) is 4.74 Å². The molecular weight excluding hydrogens is 240 g/mol. The summed E-state index contributed by atoms with van der Waals surface area (Å²) >= 11 is 0. The van der Waals surface area contributed by atoms with Gasteiger partial charge in [-0.2, -0.15) is 0 Å². The molecule has 0 spiro atoms. The summed E-state index contributed by atoms with van der Waals surface area (Å²) in [5, 5.41) is 3.32. The number of nitrogens with two attached hydrogens (primary N) is 1. The third-order valence-corrected chi connectivity index (χ3v) is 3.84. The molecule has 100 valence electrons. The van der Waals surface area contributed by atoms with E-state index in [0.717, 1.165) is 11.9 Å². The van der Waals surface area contributed by atoms with Gasteiger partial charge in [0.25, 0.3) is 0 Å². The Balaban J connectivity index is 2.00. The molecule has 0 amide bonds. The average Bonchev–Trinajstić information content (AvgIpc) is 2.78. The predicted molar refractivity (Wildman–Crippen MR) is 72.8 cm³/mol. The summed E-state index contributed by atoms with van der Waals surface area (Å²) in [5.41, 5.74) is 3.66. The Labute approximate surface area is 112 Å². The van der Waals surface area contributed by atoms with Crippen LogP contribution < -0.4 is 5.32 Å². The standard InChI is InChI=1S/C15H18N2O2/c1-3-19-15(18)13-8-11-10-6-4-5-7-12(10)17-14(11)9(2)16-13/h4-7,9,13,16-17H,3,8H2,1-2H3/p+1. The van der Waals surface area contributed by atoms with Gasteiger partial charge in [-0.15, -0.1) is 0 Å². The van der Waals surface area contributed by atoms with Crippen molar-refractivity contribution in [3.05, 3.63) is 35.5 Å². The number of carbonyl (C=O) groups is 1. The van der Waals surface area contributed by atoms with Crippen molar-refractivity contribution in [3.63, 3.8) is 0 Å². The fourth-order valence-corrected chi connectivity index (χ4v) is 2.97. The van der Waals surface area contributed by atoms with E-state index < -0.39 is 0 Å². The SMILES string of the molecule is CCOC(=O)C1Cc2c([nH]c3ccccc23)C(C)[NH2+]1. The van der Waals surface area contributed by atoms with Gasteiger partial charge in [0, 0.05) is 17.3 Å². The van der Waals surface area contributed by atoms with Gasteiger partial charge in [-0.1, -0.05) is 18.2 Å². The average molecular weight is 259 g/mol. The molecule has 2 unspecified atom stereocenters. The zero-order valence-corrected chi connectivity index (χ0v) is 11.3. The van der Waals surface area contributed by atoms with E-state index in [1.807, 2.05) is 19.1 Å². The Morgan fingerprint density at radius 3 is 3.05 bits per heavy atom. The van der Waals surface area contributed by atoms with Crippen molar-refractivity contribution in [3.8, 4) is 0 Å². The molecule has 2 atom stereocenters. The van der Waals surface area contributed by atoms with E-state index in [0.29, 0.717) is 6.61 Å². The van der Waals surface area contributed by atoms with Gasteiger partial charge in [-0.05, 0) is 25.5 Å². The van der Waals surface area contributed by atoms with Crippen molar-refractivity contribution in [2.75, 3.05) is 6.61 Å². The molecule has 0 saturated carbocycles. The zero-order chi connectivity index (χ0) is 13.4. The van der Waals surface area contributed by atoms with Crippen LogP contribution in [0.4, 0.5) is 0 Å². The lowest BCUT2D eigenvalue weighted by Gasteiger charge is -2.24. The summed E-state index contributed by atoms with van der Waals surface area (Å²) < 4.78 is 5.15. The highest BCUT2D eigenvalue weighted by Crippen LogP contribution is 2.28. The molecule has 2 aromatic rings. The molecule has 2 heterocycles. The topological polar surface area (TPSA) is 58.7 Å². The summed E-state index contributed by atoms with van der Waals surface area (Å²) in [7, 11) is 0. The van der Waals surface area contributed by atoms with Gasteiger partial charge in [0.1, 0.15) is 6.04 Å². The normalized spacial score (nSPS) is 22.2. The van der Waals surface area contributed by atoms with Crippen LogP contribution in [0.5, 0.6) is 0 Å². The number of rotatable bonds is 2. The van der Waals surface area contributed by atoms with E-state index in [-0.39, 0.29) is 18.1 Å². The van der Waals surface area contributed by atoms with Gasteiger partial charge in [0.15, 0.2) is 6.04 Å². The molecule has 0 aliphatic carbocycles. The molecule has 4 nitrogen and oxygen atoms in total. The number of fused-ring (bicyclic) bond motifs is 3. The van der Waals surface area contributed by atoms with Crippen LogP contribution in [-0.2, 0) is 16.0 Å². The second kappa shape index (κ2) is 4.70. The highest BCUT2D eigenvalue weighted by atomic mass is 16.5. The van der Waals surface area contributed by atoms with Gasteiger partial charge in [-0.25, -0.2) is 4.79 Å². The zero-order valence-electron chi connectivity index (χ0n) is 11.3. The first kappa shape index (κ1) is 12.2. The van der Waals surface area contributed by atoms with Crippen molar-refractivity contribution >= 4 is 16.9 Å². The van der Waals surface area contributed by atoms with Crippen LogP contribution in [0, 0.1) is 0 Å². The smallest absolute Gasteiger partial charge is 0.365 e. The number of aromatic nitrogens is 1. The van der Waals surface area contributed by atoms with Gasteiger partial charge >= 0.3 is 5.97 Å². The van der Waals surface area contributed by atoms with E-state index in [2.05, 4.69) is 29.4 Å². The summed E-state index contributed by atoms with van der Waals surface area (Å²) in [6, 6.07) is 8.40. The monoisotopic (exact) mass is 259 g/mol. The lowest BCUT2D eigenvalue weighted by atomic mass is 9.95. The molecule has 1 aliphatic heterocycles. The molecule has 3 N–H and O–H groups in total. The largest absolute Gasteiger partial charge is 0.462 e. The number of benzene rings is 1. The van der Waals surface area contributed by atoms with Gasteiger partial charge in [-0.3, -0.25) is 0 Å². The van der Waals surface area contributed by atoms with Crippen LogP contribution in [0.3, 0.4) is 0 Å². The highest BCUT2D eigenvalue weighted by Gasteiger charge is 2.35. The highest BCUT2D eigenvalue weighted by molar-refractivity contribution is 5.86. The first-order chi connectivity index (χ1) is 9.20. The maximum Gasteiger partial charge on any atom is 0.365 e. The van der Waals surface area contributed by atoms with Crippen molar-refractivity contribution in [1.29, 1.82) is 0 Å². The number of esters is 1. The minimum atomic E-state index is -0.123. The van der Waals surface area contributed by atoms with E-state index >= 15 is 0 Å². The van der Waals surface area contributed by atoms with E-state index in [1.165, 1.54) is 16.6 Å². The Bertz CT molecular complexity index is 618. The summed E-state index contributed by atoms with van der Waals surface area (Å²) in [6.45, 7) is 4.42. The van der Waals surface area contributed by atoms with Crippen molar-refractivity contribution in [2.24, 2.45) is 0 Å². The fourth-order valence-electron chi connectivity index (χ4n) is 2.97. The lowest BCUT2D eigenvalue weighted by molar-refractivity contribution is -0.718. The molecular formula is C15H19N2O2+. The van der Waals surface area contributed by atoms with Crippen molar-refractivity contribution in [1.82, 2.24) is 4.98 Å². The third kappa shape index (κ3) is 2.02. The number of carbonyl (C=O) groups excluding carboxylic acids is 1. The molecule has 0 saturated heterocycles. The summed E-state index contributed by atoms with van der Waals surface area (Å²) in [6.07, 6.45) is 0.739. The molecule has 1 aromatic heterocycles. The fraction of sp³-hybridized carbons (Fsp3) is 0.400. The number of aromatic amines is 1.